The van der Waals surface area contributed by atoms with Gasteiger partial charge in [0.05, 0.1) is 16.6 Å². The summed E-state index contributed by atoms with van der Waals surface area (Å²) in [6.45, 7) is 1.41. The van der Waals surface area contributed by atoms with Crippen molar-refractivity contribution in [2.75, 3.05) is 32.1 Å². The van der Waals surface area contributed by atoms with E-state index in [0.717, 1.165) is 42.9 Å². The zero-order chi connectivity index (χ0) is 23.3. The van der Waals surface area contributed by atoms with E-state index in [1.165, 1.54) is 28.6 Å². The number of sulfonamides is 1. The van der Waals surface area contributed by atoms with Crippen LogP contribution in [0.2, 0.25) is 0 Å². The maximum absolute atomic E-state index is 12.6. The highest BCUT2D eigenvalue weighted by molar-refractivity contribution is 7.99. The van der Waals surface area contributed by atoms with Crippen molar-refractivity contribution in [2.24, 2.45) is 0 Å². The lowest BCUT2D eigenvalue weighted by Crippen LogP contribution is -2.27. The van der Waals surface area contributed by atoms with Crippen LogP contribution in [0, 0.1) is 0 Å². The molecule has 0 spiro atoms. The number of thioether (sulfide) groups is 1. The van der Waals surface area contributed by atoms with Crippen molar-refractivity contribution in [3.8, 4) is 0 Å². The number of hydrogen-bond acceptors (Lipinski definition) is 7. The van der Waals surface area contributed by atoms with E-state index in [9.17, 15) is 18.0 Å². The van der Waals surface area contributed by atoms with Crippen molar-refractivity contribution in [3.63, 3.8) is 0 Å². The monoisotopic (exact) mass is 489 g/mol. The molecule has 1 unspecified atom stereocenters. The Kier molecular flexibility index (Phi) is 7.85. The van der Waals surface area contributed by atoms with Crippen LogP contribution in [0.5, 0.6) is 0 Å². The summed E-state index contributed by atoms with van der Waals surface area (Å²) in [7, 11) is -3.53. The number of benzene rings is 2. The molecule has 176 valence electrons. The van der Waals surface area contributed by atoms with Crippen LogP contribution in [0.25, 0.3) is 0 Å². The minimum absolute atomic E-state index is 0.162. The molecule has 4 rings (SSSR count). The van der Waals surface area contributed by atoms with Gasteiger partial charge in [-0.25, -0.2) is 13.2 Å². The minimum atomic E-state index is -3.53. The first kappa shape index (κ1) is 23.9. The number of Topliss-reactive ketones (excluding diaryl/α,β-unsaturated/α-hetero) is 1. The number of hydrogen-bond donors (Lipinski definition) is 0. The van der Waals surface area contributed by atoms with Gasteiger partial charge in [0.2, 0.25) is 10.0 Å². The highest BCUT2D eigenvalue weighted by atomic mass is 32.2. The van der Waals surface area contributed by atoms with Gasteiger partial charge < -0.3 is 9.47 Å². The van der Waals surface area contributed by atoms with Gasteiger partial charge in [0, 0.05) is 35.9 Å². The predicted molar refractivity (Wildman–Crippen MR) is 125 cm³/mol. The average Bonchev–Trinajstić information content (AvgIpc) is 3.56. The summed E-state index contributed by atoms with van der Waals surface area (Å²) in [4.78, 5) is 26.1. The molecule has 2 saturated heterocycles. The average molecular weight is 490 g/mol. The molecule has 7 nitrogen and oxygen atoms in total. The van der Waals surface area contributed by atoms with Crippen molar-refractivity contribution in [2.45, 2.75) is 41.6 Å². The maximum Gasteiger partial charge on any atom is 0.339 e. The van der Waals surface area contributed by atoms with E-state index in [0.29, 0.717) is 24.2 Å². The molecule has 2 aliphatic rings. The molecule has 2 aromatic carbocycles. The zero-order valence-electron chi connectivity index (χ0n) is 18.3. The molecule has 2 aromatic rings. The van der Waals surface area contributed by atoms with Gasteiger partial charge in [-0.3, -0.25) is 4.79 Å². The first-order chi connectivity index (χ1) is 15.9. The third-order valence-electron chi connectivity index (χ3n) is 5.77. The van der Waals surface area contributed by atoms with E-state index < -0.39 is 28.4 Å². The molecule has 0 radical (unpaired) electrons. The molecule has 2 aliphatic heterocycles. The normalized spacial score (nSPS) is 19.0. The van der Waals surface area contributed by atoms with Crippen molar-refractivity contribution in [3.05, 3.63) is 59.7 Å². The number of carbonyl (C=O) groups is 2. The fourth-order valence-corrected chi connectivity index (χ4v) is 6.53. The Hall–Kier alpha value is -2.20. The third-order valence-corrected chi connectivity index (χ3v) is 8.89. The number of carbonyl (C=O) groups excluding carboxylic acids is 2. The van der Waals surface area contributed by atoms with E-state index in [1.54, 1.807) is 23.9 Å². The summed E-state index contributed by atoms with van der Waals surface area (Å²) in [5.41, 5.74) is 0.713. The standard InChI is InChI=1S/C24H27NO6S2/c26-22(18-9-11-20(12-10-18)33(28,29)25-13-3-4-14-25)16-31-24(27)21-7-1-2-8-23(21)32-17-19-6-5-15-30-19/h1-2,7-12,19H,3-6,13-17H2. The molecular weight excluding hydrogens is 462 g/mol. The molecule has 0 N–H and O–H groups in total. The van der Waals surface area contributed by atoms with Crippen molar-refractivity contribution in [1.82, 2.24) is 4.31 Å². The Balaban J connectivity index is 1.34. The molecular formula is C24H27NO6S2. The topological polar surface area (TPSA) is 90.0 Å². The van der Waals surface area contributed by atoms with Gasteiger partial charge >= 0.3 is 5.97 Å². The van der Waals surface area contributed by atoms with Gasteiger partial charge in [-0.05, 0) is 62.1 Å². The molecule has 2 fully saturated rings. The van der Waals surface area contributed by atoms with Crippen molar-refractivity contribution >= 4 is 33.5 Å². The van der Waals surface area contributed by atoms with Crippen LogP contribution < -0.4 is 0 Å². The Morgan fingerprint density at radius 3 is 2.45 bits per heavy atom. The molecule has 0 aromatic heterocycles. The number of rotatable bonds is 9. The highest BCUT2D eigenvalue weighted by Gasteiger charge is 2.27. The molecule has 1 atom stereocenters. The first-order valence-electron chi connectivity index (χ1n) is 11.1. The fourth-order valence-electron chi connectivity index (χ4n) is 3.90. The Labute approximate surface area is 198 Å². The summed E-state index contributed by atoms with van der Waals surface area (Å²) >= 11 is 1.55. The fraction of sp³-hybridized carbons (Fsp3) is 0.417. The zero-order valence-corrected chi connectivity index (χ0v) is 19.9. The molecule has 9 heteroatoms. The van der Waals surface area contributed by atoms with Gasteiger partial charge in [-0.15, -0.1) is 11.8 Å². The molecule has 0 amide bonds. The second-order valence-electron chi connectivity index (χ2n) is 8.08. The summed E-state index contributed by atoms with van der Waals surface area (Å²) in [6.07, 6.45) is 3.99. The van der Waals surface area contributed by atoms with Gasteiger partial charge in [0.15, 0.2) is 12.4 Å². The van der Waals surface area contributed by atoms with Crippen molar-refractivity contribution in [1.29, 1.82) is 0 Å². The second-order valence-corrected chi connectivity index (χ2v) is 11.1. The van der Waals surface area contributed by atoms with Crippen LogP contribution in [0.1, 0.15) is 46.4 Å². The van der Waals surface area contributed by atoms with Crippen LogP contribution in [0.4, 0.5) is 0 Å². The maximum atomic E-state index is 12.6. The molecule has 0 saturated carbocycles. The smallest absolute Gasteiger partial charge is 0.339 e. The van der Waals surface area contributed by atoms with E-state index >= 15 is 0 Å². The van der Waals surface area contributed by atoms with E-state index in [4.69, 9.17) is 9.47 Å². The van der Waals surface area contributed by atoms with Gasteiger partial charge in [0.25, 0.3) is 0 Å². The predicted octanol–water partition coefficient (Wildman–Crippen LogP) is 3.78. The SMILES string of the molecule is O=C(COC(=O)c1ccccc1SCC1CCCO1)c1ccc(S(=O)(=O)N2CCCC2)cc1. The molecule has 0 aliphatic carbocycles. The minimum Gasteiger partial charge on any atom is -0.454 e. The van der Waals surface area contributed by atoms with Gasteiger partial charge in [-0.2, -0.15) is 4.31 Å². The van der Waals surface area contributed by atoms with E-state index in [2.05, 4.69) is 0 Å². The van der Waals surface area contributed by atoms with E-state index in [-0.39, 0.29) is 11.0 Å². The van der Waals surface area contributed by atoms with Crippen LogP contribution >= 0.6 is 11.8 Å². The summed E-state index contributed by atoms with van der Waals surface area (Å²) in [5.74, 6) is -0.194. The summed E-state index contributed by atoms with van der Waals surface area (Å²) in [6, 6.07) is 12.9. The Morgan fingerprint density at radius 1 is 1.03 bits per heavy atom. The lowest BCUT2D eigenvalue weighted by molar-refractivity contribution is 0.0471. The highest BCUT2D eigenvalue weighted by Crippen LogP contribution is 2.27. The van der Waals surface area contributed by atoms with Crippen LogP contribution in [0.15, 0.2) is 58.3 Å². The van der Waals surface area contributed by atoms with Crippen LogP contribution in [-0.2, 0) is 19.5 Å². The lowest BCUT2D eigenvalue weighted by Gasteiger charge is -2.15. The van der Waals surface area contributed by atoms with Crippen LogP contribution in [0.3, 0.4) is 0 Å². The lowest BCUT2D eigenvalue weighted by atomic mass is 10.1. The van der Waals surface area contributed by atoms with Crippen molar-refractivity contribution < 1.29 is 27.5 Å². The number of ketones is 1. The summed E-state index contributed by atoms with van der Waals surface area (Å²) < 4.78 is 37.6. The largest absolute Gasteiger partial charge is 0.454 e. The van der Waals surface area contributed by atoms with Crippen LogP contribution in [-0.4, -0.2) is 62.6 Å². The Bertz CT molecular complexity index is 1090. The second kappa shape index (κ2) is 10.8. The first-order valence-corrected chi connectivity index (χ1v) is 13.5. The van der Waals surface area contributed by atoms with E-state index in [1.807, 2.05) is 12.1 Å². The number of nitrogens with zero attached hydrogens (tertiary/aromatic N) is 1. The molecule has 33 heavy (non-hydrogen) atoms. The summed E-state index contributed by atoms with van der Waals surface area (Å²) in [5, 5.41) is 0. The van der Waals surface area contributed by atoms with Gasteiger partial charge in [0.1, 0.15) is 0 Å². The van der Waals surface area contributed by atoms with Gasteiger partial charge in [-0.1, -0.05) is 12.1 Å². The number of ether oxygens (including phenoxy) is 2. The Morgan fingerprint density at radius 2 is 1.76 bits per heavy atom. The number of esters is 1. The molecule has 2 heterocycles. The third kappa shape index (κ3) is 5.84. The molecule has 0 bridgehead atoms. The quantitative estimate of drug-likeness (QED) is 0.301.